The van der Waals surface area contributed by atoms with Gasteiger partial charge in [-0.05, 0) is 66.3 Å². The Bertz CT molecular complexity index is 1340. The summed E-state index contributed by atoms with van der Waals surface area (Å²) in [7, 11) is 1.60. The highest BCUT2D eigenvalue weighted by Crippen LogP contribution is 2.24. The van der Waals surface area contributed by atoms with Crippen LogP contribution in [0.25, 0.3) is 11.0 Å². The van der Waals surface area contributed by atoms with E-state index < -0.39 is 0 Å². The van der Waals surface area contributed by atoms with Gasteiger partial charge in [0, 0.05) is 18.5 Å². The second-order valence-corrected chi connectivity index (χ2v) is 10.6. The van der Waals surface area contributed by atoms with Crippen LogP contribution < -0.4 is 14.8 Å². The number of imidazole rings is 1. The molecule has 4 aromatic rings. The summed E-state index contributed by atoms with van der Waals surface area (Å²) in [6.07, 6.45) is 3.83. The van der Waals surface area contributed by atoms with Crippen molar-refractivity contribution in [2.24, 2.45) is 0 Å². The minimum Gasteiger partial charge on any atom is -0.497 e. The number of hydrogen-bond acceptors (Lipinski definition) is 4. The van der Waals surface area contributed by atoms with Crippen LogP contribution in [0.15, 0.2) is 72.8 Å². The lowest BCUT2D eigenvalue weighted by molar-refractivity contribution is 0.0952. The highest BCUT2D eigenvalue weighted by atomic mass is 16.5. The average molecular weight is 514 g/mol. The molecule has 1 heterocycles. The zero-order valence-corrected chi connectivity index (χ0v) is 23.0. The molecule has 0 saturated heterocycles. The topological polar surface area (TPSA) is 65.4 Å². The van der Waals surface area contributed by atoms with Gasteiger partial charge in [0.05, 0.1) is 24.7 Å². The third-order valence-corrected chi connectivity index (χ3v) is 6.73. The van der Waals surface area contributed by atoms with Crippen molar-refractivity contribution in [3.8, 4) is 11.5 Å². The number of rotatable bonds is 12. The molecule has 0 unspecified atom stereocenters. The van der Waals surface area contributed by atoms with E-state index in [2.05, 4.69) is 73.1 Å². The number of nitrogens with zero attached hydrogens (tertiary/aromatic N) is 2. The number of amides is 1. The normalized spacial score (nSPS) is 11.5. The number of carbonyl (C=O) groups excluding carboxylic acids is 1. The minimum absolute atomic E-state index is 0.0706. The fourth-order valence-corrected chi connectivity index (χ4v) is 4.52. The molecule has 0 radical (unpaired) electrons. The van der Waals surface area contributed by atoms with Crippen molar-refractivity contribution in [1.29, 1.82) is 0 Å². The maximum atomic E-state index is 12.4. The van der Waals surface area contributed by atoms with Gasteiger partial charge in [0.25, 0.3) is 5.91 Å². The van der Waals surface area contributed by atoms with Crippen molar-refractivity contribution in [1.82, 2.24) is 14.9 Å². The van der Waals surface area contributed by atoms with Gasteiger partial charge >= 0.3 is 0 Å². The van der Waals surface area contributed by atoms with E-state index in [1.165, 1.54) is 5.56 Å². The number of ether oxygens (including phenoxy) is 2. The highest BCUT2D eigenvalue weighted by Gasteiger charge is 2.14. The maximum Gasteiger partial charge on any atom is 0.251 e. The van der Waals surface area contributed by atoms with Gasteiger partial charge in [0.1, 0.15) is 23.9 Å². The Morgan fingerprint density at radius 2 is 1.71 bits per heavy atom. The molecule has 0 aliphatic carbocycles. The molecule has 38 heavy (non-hydrogen) atoms. The van der Waals surface area contributed by atoms with E-state index in [9.17, 15) is 4.79 Å². The third kappa shape index (κ3) is 7.15. The van der Waals surface area contributed by atoms with Gasteiger partial charge in [-0.25, -0.2) is 4.98 Å². The second-order valence-electron chi connectivity index (χ2n) is 10.6. The summed E-state index contributed by atoms with van der Waals surface area (Å²) >= 11 is 0. The van der Waals surface area contributed by atoms with Crippen LogP contribution in [0.3, 0.4) is 0 Å². The van der Waals surface area contributed by atoms with Gasteiger partial charge in [-0.1, -0.05) is 57.5 Å². The summed E-state index contributed by atoms with van der Waals surface area (Å²) in [4.78, 5) is 17.3. The Labute approximate surface area is 226 Å². The molecule has 1 amide bonds. The average Bonchev–Trinajstić information content (AvgIpc) is 3.27. The molecule has 0 atom stereocenters. The van der Waals surface area contributed by atoms with E-state index in [4.69, 9.17) is 14.5 Å². The third-order valence-electron chi connectivity index (χ3n) is 6.73. The van der Waals surface area contributed by atoms with E-state index >= 15 is 0 Å². The van der Waals surface area contributed by atoms with Crippen molar-refractivity contribution in [3.05, 3.63) is 89.7 Å². The van der Waals surface area contributed by atoms with Crippen molar-refractivity contribution in [2.75, 3.05) is 20.3 Å². The SMILES string of the molecule is COc1cccc(C(=O)NCCCCCc2nc3ccccc3n2CCOc2ccc(C(C)(C)C)cc2)c1. The van der Waals surface area contributed by atoms with Crippen molar-refractivity contribution in [2.45, 2.75) is 58.4 Å². The zero-order valence-electron chi connectivity index (χ0n) is 23.0. The van der Waals surface area contributed by atoms with Crippen LogP contribution >= 0.6 is 0 Å². The number of para-hydroxylation sites is 2. The first-order valence-electron chi connectivity index (χ1n) is 13.4. The van der Waals surface area contributed by atoms with Crippen LogP contribution in [0.2, 0.25) is 0 Å². The molecule has 1 N–H and O–H groups in total. The molecule has 0 aliphatic heterocycles. The smallest absolute Gasteiger partial charge is 0.251 e. The summed E-state index contributed by atoms with van der Waals surface area (Å²) in [6, 6.07) is 23.9. The van der Waals surface area contributed by atoms with Crippen LogP contribution in [-0.4, -0.2) is 35.7 Å². The summed E-state index contributed by atoms with van der Waals surface area (Å²) < 4.78 is 13.6. The second kappa shape index (κ2) is 12.6. The number of fused-ring (bicyclic) bond motifs is 1. The minimum atomic E-state index is -0.0706. The van der Waals surface area contributed by atoms with Gasteiger partial charge in [0.15, 0.2) is 0 Å². The van der Waals surface area contributed by atoms with E-state index in [1.807, 2.05) is 18.2 Å². The number of aromatic nitrogens is 2. The summed E-state index contributed by atoms with van der Waals surface area (Å²) in [5.41, 5.74) is 4.20. The number of nitrogens with one attached hydrogen (secondary N) is 1. The zero-order chi connectivity index (χ0) is 27.0. The summed E-state index contributed by atoms with van der Waals surface area (Å²) in [6.45, 7) is 8.62. The molecular weight excluding hydrogens is 474 g/mol. The van der Waals surface area contributed by atoms with Crippen LogP contribution in [0, 0.1) is 0 Å². The Hall–Kier alpha value is -3.80. The molecule has 6 nitrogen and oxygen atoms in total. The van der Waals surface area contributed by atoms with Crippen molar-refractivity contribution >= 4 is 16.9 Å². The molecular formula is C32H39N3O3. The molecule has 3 aromatic carbocycles. The fraction of sp³-hybridized carbons (Fsp3) is 0.375. The molecule has 6 heteroatoms. The van der Waals surface area contributed by atoms with Crippen LogP contribution in [-0.2, 0) is 18.4 Å². The molecule has 0 fully saturated rings. The van der Waals surface area contributed by atoms with E-state index in [1.54, 1.807) is 19.2 Å². The number of aryl methyl sites for hydroxylation is 1. The molecule has 0 saturated carbocycles. The number of carbonyl (C=O) groups is 1. The lowest BCUT2D eigenvalue weighted by atomic mass is 9.87. The van der Waals surface area contributed by atoms with Crippen LogP contribution in [0.1, 0.15) is 61.8 Å². The first-order valence-corrected chi connectivity index (χ1v) is 13.4. The quantitative estimate of drug-likeness (QED) is 0.218. The fourth-order valence-electron chi connectivity index (χ4n) is 4.52. The molecule has 0 bridgehead atoms. The Morgan fingerprint density at radius 3 is 2.47 bits per heavy atom. The Balaban J connectivity index is 1.27. The lowest BCUT2D eigenvalue weighted by Gasteiger charge is -2.19. The van der Waals surface area contributed by atoms with Crippen molar-refractivity contribution in [3.63, 3.8) is 0 Å². The number of unbranched alkanes of at least 4 members (excludes halogenated alkanes) is 2. The molecule has 4 rings (SSSR count). The number of methoxy groups -OCH3 is 1. The van der Waals surface area contributed by atoms with Gasteiger partial charge in [-0.2, -0.15) is 0 Å². The van der Waals surface area contributed by atoms with Gasteiger partial charge in [-0.15, -0.1) is 0 Å². The van der Waals surface area contributed by atoms with Crippen LogP contribution in [0.5, 0.6) is 11.5 Å². The molecule has 1 aromatic heterocycles. The highest BCUT2D eigenvalue weighted by molar-refractivity contribution is 5.94. The molecule has 0 spiro atoms. The van der Waals surface area contributed by atoms with Gasteiger partial charge in [-0.3, -0.25) is 4.79 Å². The maximum absolute atomic E-state index is 12.4. The van der Waals surface area contributed by atoms with E-state index in [0.29, 0.717) is 24.5 Å². The van der Waals surface area contributed by atoms with Crippen molar-refractivity contribution < 1.29 is 14.3 Å². The lowest BCUT2D eigenvalue weighted by Crippen LogP contribution is -2.24. The number of hydrogen-bond donors (Lipinski definition) is 1. The van der Waals surface area contributed by atoms with Gasteiger partial charge < -0.3 is 19.4 Å². The monoisotopic (exact) mass is 513 g/mol. The predicted molar refractivity (Wildman–Crippen MR) is 153 cm³/mol. The summed E-state index contributed by atoms with van der Waals surface area (Å²) in [5.74, 6) is 2.58. The van der Waals surface area contributed by atoms with E-state index in [0.717, 1.165) is 54.8 Å². The molecule has 0 aliphatic rings. The summed E-state index contributed by atoms with van der Waals surface area (Å²) in [5, 5.41) is 3.00. The Morgan fingerprint density at radius 1 is 0.921 bits per heavy atom. The van der Waals surface area contributed by atoms with E-state index in [-0.39, 0.29) is 11.3 Å². The Kier molecular flexibility index (Phi) is 9.06. The van der Waals surface area contributed by atoms with Crippen LogP contribution in [0.4, 0.5) is 0 Å². The largest absolute Gasteiger partial charge is 0.497 e. The van der Waals surface area contributed by atoms with Gasteiger partial charge in [0.2, 0.25) is 0 Å². The standard InChI is InChI=1S/C32H39N3O3/c1-32(2,3)25-16-18-26(19-17-25)38-22-21-35-29-14-8-7-13-28(29)34-30(35)15-6-5-9-20-33-31(36)24-11-10-12-27(23-24)37-4/h7-8,10-14,16-19,23H,5-6,9,15,20-22H2,1-4H3,(H,33,36). The first kappa shape index (κ1) is 27.2. The first-order chi connectivity index (χ1) is 18.3. The molecule has 200 valence electrons. The number of benzene rings is 3. The predicted octanol–water partition coefficient (Wildman–Crippen LogP) is 6.56.